The first-order valence-corrected chi connectivity index (χ1v) is 11.1. The lowest BCUT2D eigenvalue weighted by molar-refractivity contribution is 0.0677. The molecular weight excluding hydrogens is 418 g/mol. The van der Waals surface area contributed by atoms with Gasteiger partial charge in [0.05, 0.1) is 37.3 Å². The van der Waals surface area contributed by atoms with Gasteiger partial charge in [-0.2, -0.15) is 5.10 Å². The molecule has 0 saturated carbocycles. The minimum absolute atomic E-state index is 0.0258. The lowest BCUT2D eigenvalue weighted by atomic mass is 9.96. The molecular formula is C25H27N5O3. The molecule has 2 aromatic heterocycles. The Morgan fingerprint density at radius 2 is 1.91 bits per heavy atom. The van der Waals surface area contributed by atoms with Gasteiger partial charge in [-0.3, -0.25) is 9.89 Å². The van der Waals surface area contributed by atoms with E-state index in [0.717, 1.165) is 49.1 Å². The van der Waals surface area contributed by atoms with Crippen molar-refractivity contribution in [2.75, 3.05) is 27.3 Å². The highest BCUT2D eigenvalue weighted by molar-refractivity contribution is 5.93. The maximum atomic E-state index is 13.1. The van der Waals surface area contributed by atoms with Crippen LogP contribution in [0.4, 0.5) is 0 Å². The van der Waals surface area contributed by atoms with Gasteiger partial charge >= 0.3 is 0 Å². The molecule has 0 atom stereocenters. The van der Waals surface area contributed by atoms with Crippen molar-refractivity contribution in [3.05, 3.63) is 60.6 Å². The van der Waals surface area contributed by atoms with Gasteiger partial charge in [0.15, 0.2) is 0 Å². The Morgan fingerprint density at radius 3 is 2.70 bits per heavy atom. The van der Waals surface area contributed by atoms with E-state index in [0.29, 0.717) is 28.8 Å². The summed E-state index contributed by atoms with van der Waals surface area (Å²) in [6, 6.07) is 15.5. The molecule has 5 rings (SSSR count). The number of imidazole rings is 1. The van der Waals surface area contributed by atoms with Crippen LogP contribution in [-0.4, -0.2) is 57.9 Å². The molecule has 33 heavy (non-hydrogen) atoms. The predicted octanol–water partition coefficient (Wildman–Crippen LogP) is 4.00. The van der Waals surface area contributed by atoms with Crippen molar-refractivity contribution in [2.24, 2.45) is 5.92 Å². The van der Waals surface area contributed by atoms with Crippen molar-refractivity contribution in [1.82, 2.24) is 24.6 Å². The van der Waals surface area contributed by atoms with Gasteiger partial charge in [0, 0.05) is 25.2 Å². The number of rotatable bonds is 6. The van der Waals surface area contributed by atoms with Gasteiger partial charge in [-0.1, -0.05) is 12.1 Å². The summed E-state index contributed by atoms with van der Waals surface area (Å²) in [4.78, 5) is 19.5. The number of aromatic amines is 1. The molecule has 2 aromatic carbocycles. The van der Waals surface area contributed by atoms with Gasteiger partial charge in [0.25, 0.3) is 5.91 Å². The van der Waals surface area contributed by atoms with Crippen LogP contribution in [0.15, 0.2) is 54.9 Å². The first-order valence-electron chi connectivity index (χ1n) is 11.1. The number of hydrogen-bond acceptors (Lipinski definition) is 5. The normalized spacial score (nSPS) is 14.5. The first-order chi connectivity index (χ1) is 16.2. The Morgan fingerprint density at radius 1 is 1.09 bits per heavy atom. The summed E-state index contributed by atoms with van der Waals surface area (Å²) in [7, 11) is 3.23. The highest BCUT2D eigenvalue weighted by Crippen LogP contribution is 2.33. The van der Waals surface area contributed by atoms with Crippen molar-refractivity contribution in [3.63, 3.8) is 0 Å². The number of carbonyl (C=O) groups is 1. The van der Waals surface area contributed by atoms with Gasteiger partial charge < -0.3 is 18.9 Å². The second kappa shape index (κ2) is 8.97. The van der Waals surface area contributed by atoms with E-state index >= 15 is 0 Å². The smallest absolute Gasteiger partial charge is 0.271 e. The fraction of sp³-hybridized carbons (Fsp3) is 0.320. The highest BCUT2D eigenvalue weighted by atomic mass is 16.5. The van der Waals surface area contributed by atoms with Gasteiger partial charge in [-0.15, -0.1) is 0 Å². The number of ether oxygens (including phenoxy) is 2. The average molecular weight is 446 g/mol. The number of para-hydroxylation sites is 2. The Labute approximate surface area is 192 Å². The van der Waals surface area contributed by atoms with Crippen LogP contribution in [0.25, 0.3) is 22.3 Å². The second-order valence-corrected chi connectivity index (χ2v) is 8.35. The summed E-state index contributed by atoms with van der Waals surface area (Å²) in [5.41, 5.74) is 4.09. The SMILES string of the molecule is COc1ccc(OC)c(-c2cc(C(=O)N3CCC(Cn4cnc5ccccc54)CC3)[nH]n2)c1. The maximum Gasteiger partial charge on any atom is 0.271 e. The summed E-state index contributed by atoms with van der Waals surface area (Å²) in [5.74, 6) is 1.87. The summed E-state index contributed by atoms with van der Waals surface area (Å²) in [6.45, 7) is 2.38. The number of amides is 1. The molecule has 0 unspecified atom stereocenters. The number of fused-ring (bicyclic) bond motifs is 1. The van der Waals surface area contributed by atoms with Crippen molar-refractivity contribution in [1.29, 1.82) is 0 Å². The molecule has 0 bridgehead atoms. The van der Waals surface area contributed by atoms with Crippen LogP contribution in [0.1, 0.15) is 23.3 Å². The van der Waals surface area contributed by atoms with Gasteiger partial charge in [0.2, 0.25) is 0 Å². The standard InChI is InChI=1S/C25H27N5O3/c1-32-18-7-8-24(33-2)19(13-18)21-14-22(28-27-21)25(31)29-11-9-17(10-12-29)15-30-16-26-20-5-3-4-6-23(20)30/h3-8,13-14,16-17H,9-12,15H2,1-2H3,(H,27,28). The molecule has 1 amide bonds. The van der Waals surface area contributed by atoms with E-state index in [1.807, 2.05) is 47.6 Å². The molecule has 0 radical (unpaired) electrons. The van der Waals surface area contributed by atoms with Crippen LogP contribution in [0, 0.1) is 5.92 Å². The van der Waals surface area contributed by atoms with Crippen LogP contribution in [0.3, 0.4) is 0 Å². The Kier molecular flexibility index (Phi) is 5.73. The number of methoxy groups -OCH3 is 2. The Hall–Kier alpha value is -3.81. The van der Waals surface area contributed by atoms with Crippen molar-refractivity contribution in [2.45, 2.75) is 19.4 Å². The third-order valence-electron chi connectivity index (χ3n) is 6.37. The number of nitrogens with zero attached hydrogens (tertiary/aromatic N) is 4. The molecule has 3 heterocycles. The Bertz CT molecular complexity index is 1270. The molecule has 1 aliphatic heterocycles. The number of carbonyl (C=O) groups excluding carboxylic acids is 1. The quantitative estimate of drug-likeness (QED) is 0.485. The van der Waals surface area contributed by atoms with E-state index < -0.39 is 0 Å². The fourth-order valence-electron chi connectivity index (χ4n) is 4.51. The summed E-state index contributed by atoms with van der Waals surface area (Å²) >= 11 is 0. The molecule has 0 spiro atoms. The number of nitrogens with one attached hydrogen (secondary N) is 1. The molecule has 1 aliphatic rings. The lowest BCUT2D eigenvalue weighted by Gasteiger charge is -2.32. The molecule has 1 N–H and O–H groups in total. The van der Waals surface area contributed by atoms with E-state index in [2.05, 4.69) is 25.8 Å². The third kappa shape index (κ3) is 4.16. The van der Waals surface area contributed by atoms with Crippen molar-refractivity contribution >= 4 is 16.9 Å². The Balaban J connectivity index is 1.24. The molecule has 4 aromatic rings. The largest absolute Gasteiger partial charge is 0.497 e. The van der Waals surface area contributed by atoms with Crippen LogP contribution < -0.4 is 9.47 Å². The zero-order valence-electron chi connectivity index (χ0n) is 18.8. The number of benzene rings is 2. The second-order valence-electron chi connectivity index (χ2n) is 8.35. The van der Waals surface area contributed by atoms with Crippen LogP contribution in [0.5, 0.6) is 11.5 Å². The molecule has 1 fully saturated rings. The van der Waals surface area contributed by atoms with E-state index in [4.69, 9.17) is 9.47 Å². The third-order valence-corrected chi connectivity index (χ3v) is 6.37. The van der Waals surface area contributed by atoms with E-state index in [1.54, 1.807) is 20.3 Å². The molecule has 0 aliphatic carbocycles. The minimum Gasteiger partial charge on any atom is -0.497 e. The topological polar surface area (TPSA) is 85.3 Å². The molecule has 8 heteroatoms. The summed E-state index contributed by atoms with van der Waals surface area (Å²) < 4.78 is 13.0. The average Bonchev–Trinajstić information content (AvgIpc) is 3.52. The van der Waals surface area contributed by atoms with E-state index in [-0.39, 0.29) is 5.91 Å². The number of aromatic nitrogens is 4. The van der Waals surface area contributed by atoms with Crippen LogP contribution in [-0.2, 0) is 6.54 Å². The highest BCUT2D eigenvalue weighted by Gasteiger charge is 2.26. The minimum atomic E-state index is -0.0258. The zero-order valence-corrected chi connectivity index (χ0v) is 18.8. The zero-order chi connectivity index (χ0) is 22.8. The summed E-state index contributed by atoms with van der Waals surface area (Å²) in [6.07, 6.45) is 3.84. The first kappa shape index (κ1) is 21.1. The molecule has 170 valence electrons. The molecule has 1 saturated heterocycles. The fourth-order valence-corrected chi connectivity index (χ4v) is 4.51. The maximum absolute atomic E-state index is 13.1. The number of piperidine rings is 1. The van der Waals surface area contributed by atoms with Crippen molar-refractivity contribution in [3.8, 4) is 22.8 Å². The van der Waals surface area contributed by atoms with E-state index in [9.17, 15) is 4.79 Å². The molecule has 8 nitrogen and oxygen atoms in total. The summed E-state index contributed by atoms with van der Waals surface area (Å²) in [5, 5.41) is 7.27. The number of H-pyrrole nitrogens is 1. The van der Waals surface area contributed by atoms with Gasteiger partial charge in [0.1, 0.15) is 17.2 Å². The van der Waals surface area contributed by atoms with Crippen LogP contribution in [0.2, 0.25) is 0 Å². The monoisotopic (exact) mass is 445 g/mol. The van der Waals surface area contributed by atoms with Gasteiger partial charge in [-0.05, 0) is 55.2 Å². The lowest BCUT2D eigenvalue weighted by Crippen LogP contribution is -2.39. The van der Waals surface area contributed by atoms with Crippen molar-refractivity contribution < 1.29 is 14.3 Å². The van der Waals surface area contributed by atoms with Gasteiger partial charge in [-0.25, -0.2) is 4.98 Å². The van der Waals surface area contributed by atoms with Crippen LogP contribution >= 0.6 is 0 Å². The number of likely N-dealkylation sites (tertiary alicyclic amines) is 1. The number of hydrogen-bond donors (Lipinski definition) is 1. The predicted molar refractivity (Wildman–Crippen MR) is 125 cm³/mol. The van der Waals surface area contributed by atoms with E-state index in [1.165, 1.54) is 0 Å².